The summed E-state index contributed by atoms with van der Waals surface area (Å²) >= 11 is 0. The lowest BCUT2D eigenvalue weighted by atomic mass is 9.91. The largest absolute Gasteiger partial charge is 0.497 e. The highest BCUT2D eigenvalue weighted by atomic mass is 16.5. The smallest absolute Gasteiger partial charge is 0.119 e. The van der Waals surface area contributed by atoms with E-state index >= 15 is 0 Å². The van der Waals surface area contributed by atoms with Crippen LogP contribution < -0.4 is 86.2 Å². The zero-order valence-corrected chi connectivity index (χ0v) is 72.2. The number of benzene rings is 16. The molecule has 0 aliphatic rings. The molecule has 0 aliphatic carbocycles. The maximum absolute atomic E-state index is 5.87. The van der Waals surface area contributed by atoms with Crippen molar-refractivity contribution in [2.75, 3.05) is 115 Å². The van der Waals surface area contributed by atoms with Crippen LogP contribution in [0.3, 0.4) is 0 Å². The third kappa shape index (κ3) is 18.3. The van der Waals surface area contributed by atoms with Gasteiger partial charge in [-0.2, -0.15) is 0 Å². The van der Waals surface area contributed by atoms with Gasteiger partial charge in [0.1, 0.15) is 69.0 Å². The number of anilines is 18. The van der Waals surface area contributed by atoms with Gasteiger partial charge >= 0.3 is 0 Å². The van der Waals surface area contributed by atoms with E-state index in [1.165, 1.54) is 0 Å². The highest BCUT2D eigenvalue weighted by molar-refractivity contribution is 5.96. The first-order valence-electron chi connectivity index (χ1n) is 40.9. The Morgan fingerprint density at radius 3 is 0.278 bits per heavy atom. The molecule has 0 atom stereocenters. The molecule has 0 unspecified atom stereocenters. The van der Waals surface area contributed by atoms with Crippen molar-refractivity contribution in [2.45, 2.75) is 0 Å². The second kappa shape index (κ2) is 38.3. The summed E-state index contributed by atoms with van der Waals surface area (Å²) in [6, 6.07) is 125. The topological polar surface area (TPSA) is 130 Å². The van der Waals surface area contributed by atoms with Crippen LogP contribution in [0.25, 0.3) is 33.4 Å². The van der Waals surface area contributed by atoms with Gasteiger partial charge in [-0.15, -0.1) is 0 Å². The van der Waals surface area contributed by atoms with E-state index in [9.17, 15) is 0 Å². The van der Waals surface area contributed by atoms with Gasteiger partial charge in [0, 0.05) is 102 Å². The summed E-state index contributed by atoms with van der Waals surface area (Å²) < 4.78 is 70.4. The molecule has 0 amide bonds. The average Bonchev–Trinajstić information content (AvgIpc) is 0.758. The first-order valence-corrected chi connectivity index (χ1v) is 40.9. The van der Waals surface area contributed by atoms with Crippen molar-refractivity contribution in [3.8, 4) is 102 Å². The lowest BCUT2D eigenvalue weighted by Gasteiger charge is -2.31. The highest BCUT2D eigenvalue weighted by Crippen LogP contribution is 2.52. The minimum absolute atomic E-state index is 0.705. The Kier molecular flexibility index (Phi) is 25.4. The van der Waals surface area contributed by atoms with Crippen LogP contribution in [0.5, 0.6) is 69.0 Å². The van der Waals surface area contributed by atoms with Crippen molar-refractivity contribution < 1.29 is 56.8 Å². The van der Waals surface area contributed by atoms with E-state index in [1.54, 1.807) is 85.3 Å². The highest BCUT2D eigenvalue weighted by Gasteiger charge is 2.27. The average molecular weight is 1670 g/mol. The van der Waals surface area contributed by atoms with Crippen molar-refractivity contribution in [2.24, 2.45) is 0 Å². The third-order valence-electron chi connectivity index (χ3n) is 22.2. The fraction of sp³-hybridized carbons (Fsp3) is 0.111. The molecule has 16 aromatic rings. The van der Waals surface area contributed by atoms with Gasteiger partial charge in [-0.1, -0.05) is 0 Å². The Labute approximate surface area is 736 Å². The Balaban J connectivity index is 1.06. The zero-order valence-electron chi connectivity index (χ0n) is 72.2. The Morgan fingerprint density at radius 1 is 0.103 bits per heavy atom. The maximum Gasteiger partial charge on any atom is 0.119 e. The van der Waals surface area contributed by atoms with Gasteiger partial charge in [0.25, 0.3) is 0 Å². The first-order chi connectivity index (χ1) is 61.8. The molecule has 18 heteroatoms. The van der Waals surface area contributed by atoms with Gasteiger partial charge in [0.2, 0.25) is 0 Å². The standard InChI is InChI=1S/C108H96N6O12/c1-115-97-37-13-79(14-38-97)109(80-15-39-98(116-2)40-16-80)91-64-76(65-92(70-91)110(81-17-41-99(117-3)42-18-81)82-19-43-100(118-4)44-20-82)73-61-74(77-66-93(111(83-21-45-101(119-5)46-22-83)84-23-47-102(120-6)48-24-84)71-94(67-77)112(85-25-49-103(121-7)50-26-85)86-27-51-104(122-8)52-28-86)63-75(62-73)78-68-95(113(87-29-53-105(123-9)54-30-87)88-31-55-106(124-10)56-32-88)72-96(69-78)114(89-33-57-107(125-11)58-34-89)90-35-59-108(126-12)60-36-90/h13-72H,1-12H3. The van der Waals surface area contributed by atoms with Gasteiger partial charge in [-0.05, 0) is 397 Å². The van der Waals surface area contributed by atoms with Gasteiger partial charge in [-0.25, -0.2) is 0 Å². The fourth-order valence-corrected chi connectivity index (χ4v) is 15.6. The van der Waals surface area contributed by atoms with Crippen molar-refractivity contribution >= 4 is 102 Å². The minimum Gasteiger partial charge on any atom is -0.497 e. The number of hydrogen-bond donors (Lipinski definition) is 0. The quantitative estimate of drug-likeness (QED) is 0.0386. The molecule has 0 spiro atoms. The van der Waals surface area contributed by atoms with E-state index in [0.29, 0.717) is 69.0 Å². The summed E-state index contributed by atoms with van der Waals surface area (Å²) in [6.45, 7) is 0. The van der Waals surface area contributed by atoms with Crippen LogP contribution in [0, 0.1) is 0 Å². The molecule has 0 saturated heterocycles. The molecule has 630 valence electrons. The van der Waals surface area contributed by atoms with Crippen molar-refractivity contribution in [3.05, 3.63) is 364 Å². The summed E-state index contributed by atoms with van der Waals surface area (Å²) in [4.78, 5) is 13.6. The lowest BCUT2D eigenvalue weighted by Crippen LogP contribution is -2.14. The molecular formula is C108H96N6O12. The van der Waals surface area contributed by atoms with Crippen molar-refractivity contribution in [3.63, 3.8) is 0 Å². The van der Waals surface area contributed by atoms with Crippen LogP contribution in [0.2, 0.25) is 0 Å². The Hall–Kier alpha value is -16.1. The zero-order chi connectivity index (χ0) is 87.2. The van der Waals surface area contributed by atoms with Gasteiger partial charge < -0.3 is 86.2 Å². The number of nitrogens with zero attached hydrogens (tertiary/aromatic N) is 6. The maximum atomic E-state index is 5.87. The molecule has 126 heavy (non-hydrogen) atoms. The summed E-state index contributed by atoms with van der Waals surface area (Å²) in [5.41, 5.74) is 20.4. The predicted octanol–water partition coefficient (Wildman–Crippen LogP) is 27.6. The Morgan fingerprint density at radius 2 is 0.190 bits per heavy atom. The molecule has 16 aromatic carbocycles. The molecule has 16 rings (SSSR count). The van der Waals surface area contributed by atoms with Crippen LogP contribution >= 0.6 is 0 Å². The third-order valence-corrected chi connectivity index (χ3v) is 22.2. The van der Waals surface area contributed by atoms with E-state index in [1.807, 2.05) is 146 Å². The summed E-state index contributed by atoms with van der Waals surface area (Å²) in [5.74, 6) is 8.46. The second-order valence-corrected chi connectivity index (χ2v) is 29.4. The molecule has 0 fully saturated rings. The molecule has 0 aromatic heterocycles. The molecule has 0 bridgehead atoms. The molecule has 18 nitrogen and oxygen atoms in total. The first kappa shape index (κ1) is 83.6. The summed E-state index contributed by atoms with van der Waals surface area (Å²) in [7, 11) is 20.2. The molecule has 0 N–H and O–H groups in total. The minimum atomic E-state index is 0.705. The molecule has 0 aliphatic heterocycles. The summed E-state index contributed by atoms with van der Waals surface area (Å²) in [6.07, 6.45) is 0. The van der Waals surface area contributed by atoms with E-state index < -0.39 is 0 Å². The van der Waals surface area contributed by atoms with Crippen molar-refractivity contribution in [1.29, 1.82) is 0 Å². The Bertz CT molecular complexity index is 5070. The SMILES string of the molecule is COc1ccc(N(c2ccc(OC)cc2)c2cc(-c3cc(-c4cc(N(c5ccc(OC)cc5)c5ccc(OC)cc5)cc(N(c5ccc(OC)cc5)c5ccc(OC)cc5)c4)cc(-c4cc(N(c5ccc(OC)cc5)c5ccc(OC)cc5)cc(N(c5ccc(OC)cc5)c5ccc(OC)cc5)c4)c3)cc(N(c3ccc(OC)cc3)c3ccc(OC)cc3)c2)cc1. The number of ether oxygens (including phenoxy) is 12. The van der Waals surface area contributed by atoms with E-state index in [0.717, 1.165) is 136 Å². The second-order valence-electron chi connectivity index (χ2n) is 29.4. The van der Waals surface area contributed by atoms with E-state index in [2.05, 4.69) is 248 Å². The molecule has 0 radical (unpaired) electrons. The number of rotatable bonds is 33. The van der Waals surface area contributed by atoms with Gasteiger partial charge in [0.05, 0.1) is 85.3 Å². The van der Waals surface area contributed by atoms with Gasteiger partial charge in [0.15, 0.2) is 0 Å². The molecule has 0 saturated carbocycles. The number of methoxy groups -OCH3 is 12. The lowest BCUT2D eigenvalue weighted by molar-refractivity contribution is 0.414. The summed E-state index contributed by atoms with van der Waals surface area (Å²) in [5, 5.41) is 0. The van der Waals surface area contributed by atoms with Crippen LogP contribution in [0.15, 0.2) is 364 Å². The van der Waals surface area contributed by atoms with Crippen LogP contribution in [0.1, 0.15) is 0 Å². The number of hydrogen-bond acceptors (Lipinski definition) is 18. The predicted molar refractivity (Wildman–Crippen MR) is 509 cm³/mol. The normalized spacial score (nSPS) is 10.9. The van der Waals surface area contributed by atoms with Crippen LogP contribution in [-0.4, -0.2) is 85.3 Å². The molecular weight excluding hydrogens is 1570 g/mol. The van der Waals surface area contributed by atoms with E-state index in [4.69, 9.17) is 56.8 Å². The van der Waals surface area contributed by atoms with Crippen molar-refractivity contribution in [1.82, 2.24) is 0 Å². The fourth-order valence-electron chi connectivity index (χ4n) is 15.6. The van der Waals surface area contributed by atoms with Gasteiger partial charge in [-0.3, -0.25) is 0 Å². The molecule has 0 heterocycles. The van der Waals surface area contributed by atoms with E-state index in [-0.39, 0.29) is 0 Å². The van der Waals surface area contributed by atoms with Crippen LogP contribution in [0.4, 0.5) is 102 Å². The monoisotopic (exact) mass is 1670 g/mol. The van der Waals surface area contributed by atoms with Crippen LogP contribution in [-0.2, 0) is 0 Å².